The number of piperidine rings is 1. The highest BCUT2D eigenvalue weighted by atomic mass is 16.3. The second-order valence-electron chi connectivity index (χ2n) is 6.23. The average molecular weight is 274 g/mol. The number of phenolic OH excluding ortho intramolecular Hbond substituents is 1. The van der Waals surface area contributed by atoms with E-state index < -0.39 is 0 Å². The van der Waals surface area contributed by atoms with Crippen LogP contribution in [0.2, 0.25) is 0 Å². The molecule has 0 saturated carbocycles. The second-order valence-corrected chi connectivity index (χ2v) is 6.23. The van der Waals surface area contributed by atoms with E-state index in [2.05, 4.69) is 10.6 Å². The fourth-order valence-corrected chi connectivity index (χ4v) is 3.50. The number of anilines is 1. The van der Waals surface area contributed by atoms with Crippen LogP contribution in [0.25, 0.3) is 0 Å². The number of amides is 1. The summed E-state index contributed by atoms with van der Waals surface area (Å²) in [5, 5.41) is 16.1. The quantitative estimate of drug-likeness (QED) is 0.794. The largest absolute Gasteiger partial charge is 0.508 e. The Morgan fingerprint density at radius 2 is 2.05 bits per heavy atom. The molecule has 2 bridgehead atoms. The molecular weight excluding hydrogens is 252 g/mol. The maximum atomic E-state index is 12.1. The Balaban J connectivity index is 1.55. The molecule has 1 aromatic rings. The Morgan fingerprint density at radius 3 is 2.70 bits per heavy atom. The summed E-state index contributed by atoms with van der Waals surface area (Å²) in [6, 6.07) is 6.50. The SMILES string of the molecule is Cc1ccc(NC(=O)CC2CC3CCC(C2)N3)cc1O. The number of phenols is 1. The zero-order valence-electron chi connectivity index (χ0n) is 11.9. The summed E-state index contributed by atoms with van der Waals surface area (Å²) in [4.78, 5) is 12.1. The minimum absolute atomic E-state index is 0.0551. The Hall–Kier alpha value is -1.55. The number of carbonyl (C=O) groups excluding carboxylic acids is 1. The fourth-order valence-electron chi connectivity index (χ4n) is 3.50. The van der Waals surface area contributed by atoms with Gasteiger partial charge < -0.3 is 15.7 Å². The van der Waals surface area contributed by atoms with Crippen LogP contribution in [0.15, 0.2) is 18.2 Å². The molecule has 4 heteroatoms. The van der Waals surface area contributed by atoms with Crippen LogP contribution >= 0.6 is 0 Å². The molecule has 1 aromatic carbocycles. The lowest BCUT2D eigenvalue weighted by molar-refractivity contribution is -0.117. The highest BCUT2D eigenvalue weighted by Gasteiger charge is 2.34. The molecule has 2 heterocycles. The molecule has 108 valence electrons. The van der Waals surface area contributed by atoms with Crippen molar-refractivity contribution in [2.45, 2.75) is 51.1 Å². The van der Waals surface area contributed by atoms with Gasteiger partial charge in [0.2, 0.25) is 5.91 Å². The van der Waals surface area contributed by atoms with Crippen molar-refractivity contribution in [2.24, 2.45) is 5.92 Å². The van der Waals surface area contributed by atoms with Crippen molar-refractivity contribution in [3.8, 4) is 5.75 Å². The third-order valence-electron chi connectivity index (χ3n) is 4.54. The highest BCUT2D eigenvalue weighted by Crippen LogP contribution is 2.33. The summed E-state index contributed by atoms with van der Waals surface area (Å²) in [6.45, 7) is 1.84. The molecule has 20 heavy (non-hydrogen) atoms. The highest BCUT2D eigenvalue weighted by molar-refractivity contribution is 5.91. The van der Waals surface area contributed by atoms with Crippen molar-refractivity contribution < 1.29 is 9.90 Å². The molecule has 2 atom stereocenters. The predicted molar refractivity (Wildman–Crippen MR) is 78.8 cm³/mol. The van der Waals surface area contributed by atoms with Gasteiger partial charge in [0.25, 0.3) is 0 Å². The number of nitrogens with one attached hydrogen (secondary N) is 2. The molecule has 3 N–H and O–H groups in total. The van der Waals surface area contributed by atoms with Crippen LogP contribution in [0, 0.1) is 12.8 Å². The average Bonchev–Trinajstić information content (AvgIpc) is 2.73. The van der Waals surface area contributed by atoms with E-state index in [1.54, 1.807) is 6.07 Å². The molecule has 1 amide bonds. The minimum Gasteiger partial charge on any atom is -0.508 e. The topological polar surface area (TPSA) is 61.4 Å². The summed E-state index contributed by atoms with van der Waals surface area (Å²) in [5.41, 5.74) is 1.49. The molecule has 0 aromatic heterocycles. The van der Waals surface area contributed by atoms with Crippen molar-refractivity contribution in [2.75, 3.05) is 5.32 Å². The lowest BCUT2D eigenvalue weighted by atomic mass is 9.89. The number of carbonyl (C=O) groups is 1. The number of aryl methyl sites for hydroxylation is 1. The fraction of sp³-hybridized carbons (Fsp3) is 0.562. The first-order valence-corrected chi connectivity index (χ1v) is 7.45. The summed E-state index contributed by atoms with van der Waals surface area (Å²) >= 11 is 0. The predicted octanol–water partition coefficient (Wildman–Crippen LogP) is 2.56. The van der Waals surface area contributed by atoms with Crippen LogP contribution < -0.4 is 10.6 Å². The smallest absolute Gasteiger partial charge is 0.224 e. The Morgan fingerprint density at radius 1 is 1.35 bits per heavy atom. The molecule has 0 radical (unpaired) electrons. The van der Waals surface area contributed by atoms with Gasteiger partial charge in [0.15, 0.2) is 0 Å². The number of benzene rings is 1. The summed E-state index contributed by atoms with van der Waals surface area (Å²) in [7, 11) is 0. The van der Waals surface area contributed by atoms with Crippen LogP contribution in [-0.2, 0) is 4.79 Å². The van der Waals surface area contributed by atoms with E-state index in [9.17, 15) is 9.90 Å². The molecule has 2 aliphatic heterocycles. The van der Waals surface area contributed by atoms with Crippen molar-refractivity contribution in [3.05, 3.63) is 23.8 Å². The number of fused-ring (bicyclic) bond motifs is 2. The zero-order chi connectivity index (χ0) is 14.1. The van der Waals surface area contributed by atoms with E-state index in [4.69, 9.17) is 0 Å². The van der Waals surface area contributed by atoms with Gasteiger partial charge in [-0.1, -0.05) is 6.07 Å². The Kier molecular flexibility index (Phi) is 3.66. The monoisotopic (exact) mass is 274 g/mol. The third-order valence-corrected chi connectivity index (χ3v) is 4.54. The lowest BCUT2D eigenvalue weighted by Crippen LogP contribution is -2.39. The van der Waals surface area contributed by atoms with Gasteiger partial charge in [-0.15, -0.1) is 0 Å². The third kappa shape index (κ3) is 2.96. The van der Waals surface area contributed by atoms with Crippen LogP contribution in [0.3, 0.4) is 0 Å². The molecule has 3 rings (SSSR count). The normalized spacial score (nSPS) is 28.4. The van der Waals surface area contributed by atoms with Crippen molar-refractivity contribution in [1.82, 2.24) is 5.32 Å². The Labute approximate surface area is 119 Å². The van der Waals surface area contributed by atoms with E-state index in [-0.39, 0.29) is 11.7 Å². The minimum atomic E-state index is 0.0551. The van der Waals surface area contributed by atoms with Crippen LogP contribution in [0.5, 0.6) is 5.75 Å². The molecular formula is C16H22N2O2. The van der Waals surface area contributed by atoms with Gasteiger partial charge in [-0.3, -0.25) is 4.79 Å². The van der Waals surface area contributed by atoms with Gasteiger partial charge in [0.1, 0.15) is 5.75 Å². The second kappa shape index (κ2) is 5.44. The molecule has 2 saturated heterocycles. The number of aromatic hydroxyl groups is 1. The van der Waals surface area contributed by atoms with Crippen LogP contribution in [0.4, 0.5) is 5.69 Å². The summed E-state index contributed by atoms with van der Waals surface area (Å²) in [5.74, 6) is 0.773. The van der Waals surface area contributed by atoms with Gasteiger partial charge in [0, 0.05) is 30.3 Å². The van der Waals surface area contributed by atoms with Crippen LogP contribution in [-0.4, -0.2) is 23.1 Å². The molecule has 4 nitrogen and oxygen atoms in total. The molecule has 0 spiro atoms. The number of hydrogen-bond donors (Lipinski definition) is 3. The lowest BCUT2D eigenvalue weighted by Gasteiger charge is -2.28. The summed E-state index contributed by atoms with van der Waals surface area (Å²) in [6.07, 6.45) is 5.33. The van der Waals surface area contributed by atoms with Gasteiger partial charge in [0.05, 0.1) is 0 Å². The number of rotatable bonds is 3. The van der Waals surface area contributed by atoms with Gasteiger partial charge in [-0.05, 0) is 50.2 Å². The first kappa shape index (κ1) is 13.4. The molecule has 0 aliphatic carbocycles. The van der Waals surface area contributed by atoms with Gasteiger partial charge in [-0.2, -0.15) is 0 Å². The Bertz CT molecular complexity index is 503. The zero-order valence-corrected chi connectivity index (χ0v) is 11.9. The maximum Gasteiger partial charge on any atom is 0.224 e. The van der Waals surface area contributed by atoms with E-state index in [1.165, 1.54) is 12.8 Å². The van der Waals surface area contributed by atoms with Gasteiger partial charge >= 0.3 is 0 Å². The van der Waals surface area contributed by atoms with E-state index in [0.29, 0.717) is 30.1 Å². The molecule has 2 unspecified atom stereocenters. The van der Waals surface area contributed by atoms with E-state index in [0.717, 1.165) is 18.4 Å². The van der Waals surface area contributed by atoms with Crippen LogP contribution in [0.1, 0.15) is 37.7 Å². The maximum absolute atomic E-state index is 12.1. The number of hydrogen-bond acceptors (Lipinski definition) is 3. The van der Waals surface area contributed by atoms with Crippen molar-refractivity contribution in [1.29, 1.82) is 0 Å². The molecule has 2 aliphatic rings. The van der Waals surface area contributed by atoms with E-state index in [1.807, 2.05) is 19.1 Å². The first-order chi connectivity index (χ1) is 9.60. The van der Waals surface area contributed by atoms with Gasteiger partial charge in [-0.25, -0.2) is 0 Å². The molecule has 2 fully saturated rings. The van der Waals surface area contributed by atoms with Crippen molar-refractivity contribution in [3.63, 3.8) is 0 Å². The summed E-state index contributed by atoms with van der Waals surface area (Å²) < 4.78 is 0. The van der Waals surface area contributed by atoms with Crippen molar-refractivity contribution >= 4 is 11.6 Å². The first-order valence-electron chi connectivity index (χ1n) is 7.45. The standard InChI is InChI=1S/C16H22N2O2/c1-10-2-3-14(9-15(10)19)18-16(20)8-11-6-12-4-5-13(7-11)17-12/h2-3,9,11-13,17,19H,4-8H2,1H3,(H,18,20). The van der Waals surface area contributed by atoms with E-state index >= 15 is 0 Å².